The van der Waals surface area contributed by atoms with Crippen molar-refractivity contribution in [2.75, 3.05) is 11.9 Å². The number of hydrogen-bond donors (Lipinski definition) is 1. The topological polar surface area (TPSA) is 85.9 Å². The summed E-state index contributed by atoms with van der Waals surface area (Å²) in [6.45, 7) is 1.55. The van der Waals surface area contributed by atoms with Crippen LogP contribution in [0.25, 0.3) is 0 Å². The number of nitro groups is 1. The molecule has 1 N–H and O–H groups in total. The monoisotopic (exact) mass is 247 g/mol. The van der Waals surface area contributed by atoms with Gasteiger partial charge in [-0.2, -0.15) is 0 Å². The normalized spacial score (nSPS) is 10.2. The van der Waals surface area contributed by atoms with Crippen LogP contribution >= 0.6 is 0 Å². The summed E-state index contributed by atoms with van der Waals surface area (Å²) >= 11 is 0. The third-order valence-corrected chi connectivity index (χ3v) is 2.41. The van der Waals surface area contributed by atoms with E-state index in [1.54, 1.807) is 12.5 Å². The minimum Gasteiger partial charge on any atom is -0.370 e. The van der Waals surface area contributed by atoms with Crippen LogP contribution in [0.4, 0.5) is 11.5 Å². The molecule has 0 unspecified atom stereocenters. The van der Waals surface area contributed by atoms with Crippen LogP contribution in [0.3, 0.4) is 0 Å². The standard InChI is InChI=1S/C11H13N5O2/c17-16(18)10-2-4-14-11(8-10)13-3-1-6-15-7-5-12-9-15/h2,4-5,7-9H,1,3,6H2,(H,13,14). The largest absolute Gasteiger partial charge is 0.370 e. The number of nitrogens with one attached hydrogen (secondary N) is 1. The molecule has 0 saturated carbocycles. The summed E-state index contributed by atoms with van der Waals surface area (Å²) in [5.74, 6) is 0.523. The number of rotatable bonds is 6. The van der Waals surface area contributed by atoms with Gasteiger partial charge in [-0.3, -0.25) is 10.1 Å². The Kier molecular flexibility index (Phi) is 3.85. The number of imidazole rings is 1. The second kappa shape index (κ2) is 5.76. The molecule has 2 aromatic rings. The smallest absolute Gasteiger partial charge is 0.274 e. The van der Waals surface area contributed by atoms with Crippen LogP contribution in [0.5, 0.6) is 0 Å². The predicted molar refractivity (Wildman–Crippen MR) is 66.2 cm³/mol. The first-order valence-corrected chi connectivity index (χ1v) is 5.56. The molecular weight excluding hydrogens is 234 g/mol. The lowest BCUT2D eigenvalue weighted by Crippen LogP contribution is -2.07. The third-order valence-electron chi connectivity index (χ3n) is 2.41. The summed E-state index contributed by atoms with van der Waals surface area (Å²) in [5, 5.41) is 13.6. The molecule has 7 heteroatoms. The van der Waals surface area contributed by atoms with Crippen LogP contribution in [0.15, 0.2) is 37.1 Å². The summed E-state index contributed by atoms with van der Waals surface area (Å²) < 4.78 is 1.97. The van der Waals surface area contributed by atoms with Crippen molar-refractivity contribution >= 4 is 11.5 Å². The van der Waals surface area contributed by atoms with Crippen molar-refractivity contribution in [3.05, 3.63) is 47.2 Å². The third kappa shape index (κ3) is 3.27. The number of pyridine rings is 1. The zero-order chi connectivity index (χ0) is 12.8. The highest BCUT2D eigenvalue weighted by molar-refractivity contribution is 5.43. The number of aryl methyl sites for hydroxylation is 1. The zero-order valence-corrected chi connectivity index (χ0v) is 9.69. The van der Waals surface area contributed by atoms with Gasteiger partial charge in [-0.1, -0.05) is 0 Å². The molecule has 2 aromatic heterocycles. The van der Waals surface area contributed by atoms with Crippen molar-refractivity contribution in [2.45, 2.75) is 13.0 Å². The van der Waals surface area contributed by atoms with Crippen LogP contribution in [0, 0.1) is 10.1 Å². The number of nitrogens with zero attached hydrogens (tertiary/aromatic N) is 4. The van der Waals surface area contributed by atoms with Gasteiger partial charge in [0.15, 0.2) is 0 Å². The van der Waals surface area contributed by atoms with E-state index < -0.39 is 4.92 Å². The van der Waals surface area contributed by atoms with Gasteiger partial charge in [-0.15, -0.1) is 0 Å². The maximum Gasteiger partial charge on any atom is 0.274 e. The van der Waals surface area contributed by atoms with Gasteiger partial charge in [0.1, 0.15) is 5.82 Å². The van der Waals surface area contributed by atoms with Crippen LogP contribution < -0.4 is 5.32 Å². The van der Waals surface area contributed by atoms with Crippen molar-refractivity contribution in [3.63, 3.8) is 0 Å². The van der Waals surface area contributed by atoms with Crippen LogP contribution in [-0.4, -0.2) is 26.0 Å². The Morgan fingerprint density at radius 3 is 3.06 bits per heavy atom. The van der Waals surface area contributed by atoms with E-state index in [4.69, 9.17) is 0 Å². The maximum absolute atomic E-state index is 10.6. The fraction of sp³-hybridized carbons (Fsp3) is 0.273. The Labute approximate surface area is 104 Å². The lowest BCUT2D eigenvalue weighted by Gasteiger charge is -2.05. The highest BCUT2D eigenvalue weighted by atomic mass is 16.6. The fourth-order valence-electron chi connectivity index (χ4n) is 1.53. The van der Waals surface area contributed by atoms with Crippen molar-refractivity contribution in [2.24, 2.45) is 0 Å². The second-order valence-electron chi connectivity index (χ2n) is 3.74. The molecule has 0 aliphatic rings. The van der Waals surface area contributed by atoms with Crippen LogP contribution in [0.1, 0.15) is 6.42 Å². The van der Waals surface area contributed by atoms with Gasteiger partial charge < -0.3 is 9.88 Å². The molecular formula is C11H13N5O2. The van der Waals surface area contributed by atoms with Crippen LogP contribution in [-0.2, 0) is 6.54 Å². The highest BCUT2D eigenvalue weighted by Crippen LogP contribution is 2.13. The molecule has 18 heavy (non-hydrogen) atoms. The fourth-order valence-corrected chi connectivity index (χ4v) is 1.53. The average Bonchev–Trinajstić information content (AvgIpc) is 2.88. The van der Waals surface area contributed by atoms with Gasteiger partial charge in [0.2, 0.25) is 0 Å². The number of aromatic nitrogens is 3. The van der Waals surface area contributed by atoms with Crippen molar-refractivity contribution in [1.29, 1.82) is 0 Å². The molecule has 94 valence electrons. The molecule has 0 aliphatic carbocycles. The molecule has 0 amide bonds. The average molecular weight is 247 g/mol. The molecule has 0 aromatic carbocycles. The molecule has 0 atom stereocenters. The van der Waals surface area contributed by atoms with E-state index in [1.807, 2.05) is 10.8 Å². The minimum atomic E-state index is -0.432. The van der Waals surface area contributed by atoms with Gasteiger partial charge in [0.25, 0.3) is 5.69 Å². The Hall–Kier alpha value is -2.44. The highest BCUT2D eigenvalue weighted by Gasteiger charge is 2.05. The van der Waals surface area contributed by atoms with Crippen molar-refractivity contribution in [3.8, 4) is 0 Å². The van der Waals surface area contributed by atoms with Gasteiger partial charge in [0, 0.05) is 37.7 Å². The molecule has 0 bridgehead atoms. The van der Waals surface area contributed by atoms with E-state index in [2.05, 4.69) is 15.3 Å². The molecule has 0 saturated heterocycles. The van der Waals surface area contributed by atoms with E-state index in [-0.39, 0.29) is 5.69 Å². The zero-order valence-electron chi connectivity index (χ0n) is 9.69. The van der Waals surface area contributed by atoms with Crippen LogP contribution in [0.2, 0.25) is 0 Å². The van der Waals surface area contributed by atoms with E-state index in [1.165, 1.54) is 18.3 Å². The maximum atomic E-state index is 10.6. The SMILES string of the molecule is O=[N+]([O-])c1ccnc(NCCCn2ccnc2)c1. The molecule has 0 fully saturated rings. The van der Waals surface area contributed by atoms with E-state index in [0.717, 1.165) is 13.0 Å². The second-order valence-corrected chi connectivity index (χ2v) is 3.74. The van der Waals surface area contributed by atoms with Gasteiger partial charge in [-0.25, -0.2) is 9.97 Å². The molecule has 7 nitrogen and oxygen atoms in total. The summed E-state index contributed by atoms with van der Waals surface area (Å²) in [6.07, 6.45) is 7.70. The predicted octanol–water partition coefficient (Wildman–Crippen LogP) is 1.69. The van der Waals surface area contributed by atoms with Crippen molar-refractivity contribution in [1.82, 2.24) is 14.5 Å². The Morgan fingerprint density at radius 1 is 1.44 bits per heavy atom. The first-order chi connectivity index (χ1) is 8.75. The lowest BCUT2D eigenvalue weighted by atomic mass is 10.3. The van der Waals surface area contributed by atoms with Gasteiger partial charge in [-0.05, 0) is 6.42 Å². The molecule has 0 radical (unpaired) electrons. The van der Waals surface area contributed by atoms with Gasteiger partial charge >= 0.3 is 0 Å². The molecule has 0 aliphatic heterocycles. The summed E-state index contributed by atoms with van der Waals surface area (Å²) in [4.78, 5) is 18.1. The summed E-state index contributed by atoms with van der Waals surface area (Å²) in [6, 6.07) is 2.80. The molecule has 2 heterocycles. The van der Waals surface area contributed by atoms with E-state index in [9.17, 15) is 10.1 Å². The number of anilines is 1. The molecule has 2 rings (SSSR count). The van der Waals surface area contributed by atoms with E-state index >= 15 is 0 Å². The Bertz CT molecular complexity index is 512. The lowest BCUT2D eigenvalue weighted by molar-refractivity contribution is -0.384. The summed E-state index contributed by atoms with van der Waals surface area (Å²) in [5.41, 5.74) is 0.0436. The quantitative estimate of drug-likeness (QED) is 0.477. The Morgan fingerprint density at radius 2 is 2.33 bits per heavy atom. The molecule has 0 spiro atoms. The first-order valence-electron chi connectivity index (χ1n) is 5.56. The number of hydrogen-bond acceptors (Lipinski definition) is 5. The van der Waals surface area contributed by atoms with E-state index in [0.29, 0.717) is 12.4 Å². The first kappa shape index (κ1) is 12.0. The summed E-state index contributed by atoms with van der Waals surface area (Å²) in [7, 11) is 0. The minimum absolute atomic E-state index is 0.0436. The Balaban J connectivity index is 1.79. The van der Waals surface area contributed by atoms with Gasteiger partial charge in [0.05, 0.1) is 17.3 Å². The van der Waals surface area contributed by atoms with Crippen molar-refractivity contribution < 1.29 is 4.92 Å².